The van der Waals surface area contributed by atoms with Gasteiger partial charge in [-0.1, -0.05) is 37.1 Å². The Bertz CT molecular complexity index is 2050. The first-order chi connectivity index (χ1) is 28.7. The summed E-state index contributed by atoms with van der Waals surface area (Å²) in [5.74, 6) is -0.876. The lowest BCUT2D eigenvalue weighted by molar-refractivity contribution is -0.384. The van der Waals surface area contributed by atoms with E-state index in [9.17, 15) is 30.2 Å². The van der Waals surface area contributed by atoms with Gasteiger partial charge in [0, 0.05) is 55.4 Å². The lowest BCUT2D eigenvalue weighted by Crippen LogP contribution is -2.70. The zero-order valence-corrected chi connectivity index (χ0v) is 33.4. The number of fused-ring (bicyclic) bond motifs is 3. The molecule has 0 unspecified atom stereocenters. The van der Waals surface area contributed by atoms with E-state index in [-0.39, 0.29) is 74.7 Å². The van der Waals surface area contributed by atoms with Gasteiger partial charge in [0.2, 0.25) is 12.6 Å². The summed E-state index contributed by atoms with van der Waals surface area (Å²) in [6, 6.07) is 15.6. The molecule has 0 radical (unpaired) electrons. The SMILES string of the molecule is C=CCO[C@@]12Oc3ccc(O)cc3[C@H]3[C@H](CCCCO)[C@@H](CCCCO)C=C(C(=NOCc4ccc([N+](=O)[O-])cc4)C[C@@H]1N(CCC)C(=O)c1ccc4c(c1)OCO4)[C@H]32. The van der Waals surface area contributed by atoms with Crippen molar-refractivity contribution in [2.75, 3.05) is 33.2 Å². The van der Waals surface area contributed by atoms with Crippen LogP contribution in [0.5, 0.6) is 23.0 Å². The lowest BCUT2D eigenvalue weighted by Gasteiger charge is -2.60. The molecule has 3 aromatic rings. The molecule has 2 aliphatic carbocycles. The van der Waals surface area contributed by atoms with E-state index in [1.165, 1.54) is 12.1 Å². The molecular formula is C45H53N3O11. The standard InChI is InChI=1S/C45H53N3O11/c1-3-19-47(44(52)31-13-17-39-40(24-31)56-28-55-39)41-26-37(46-58-27-29-11-14-32(15-12-29)48(53)54)35-23-30(9-5-7-20-49)34(10-6-8-21-50)42-36-25-33(51)16-18-38(36)59-45(41,43(35)42)57-22-4-2/h4,11-18,23-25,30,34,41-43,49-51H,2-3,5-10,19-22,26-28H2,1H3/t30-,34+,41-,42+,43+,45+/m0/s1. The summed E-state index contributed by atoms with van der Waals surface area (Å²) in [6.07, 6.45) is 9.05. The van der Waals surface area contributed by atoms with Crippen LogP contribution in [0.2, 0.25) is 0 Å². The quantitative estimate of drug-likeness (QED) is 0.0474. The zero-order chi connectivity index (χ0) is 41.5. The van der Waals surface area contributed by atoms with Gasteiger partial charge in [-0.2, -0.15) is 0 Å². The maximum atomic E-state index is 15.0. The Morgan fingerprint density at radius 3 is 2.49 bits per heavy atom. The van der Waals surface area contributed by atoms with Gasteiger partial charge in [-0.3, -0.25) is 14.9 Å². The topological polar surface area (TPSA) is 183 Å². The minimum absolute atomic E-state index is 0.00429. The van der Waals surface area contributed by atoms with Crippen LogP contribution in [-0.2, 0) is 16.2 Å². The Morgan fingerprint density at radius 2 is 1.76 bits per heavy atom. The fourth-order valence-corrected chi connectivity index (χ4v) is 9.39. The number of phenolic OH excluding ortho intramolecular Hbond substituents is 1. The smallest absolute Gasteiger partial charge is 0.269 e. The van der Waals surface area contributed by atoms with Crippen LogP contribution in [0.3, 0.4) is 0 Å². The van der Waals surface area contributed by atoms with Gasteiger partial charge in [-0.15, -0.1) is 6.58 Å². The highest BCUT2D eigenvalue weighted by Crippen LogP contribution is 2.62. The number of phenols is 1. The van der Waals surface area contributed by atoms with E-state index >= 15 is 0 Å². The third-order valence-corrected chi connectivity index (χ3v) is 11.9. The number of amides is 1. The minimum atomic E-state index is -1.46. The average Bonchev–Trinajstić information content (AvgIpc) is 3.72. The number of nitro benzene ring substituents is 1. The van der Waals surface area contributed by atoms with Crippen molar-refractivity contribution in [1.82, 2.24) is 4.90 Å². The second-order valence-corrected chi connectivity index (χ2v) is 15.6. The number of nitro groups is 1. The van der Waals surface area contributed by atoms with Crippen LogP contribution in [0.25, 0.3) is 0 Å². The number of nitrogens with zero attached hydrogens (tertiary/aromatic N) is 3. The van der Waals surface area contributed by atoms with E-state index < -0.39 is 22.7 Å². The maximum absolute atomic E-state index is 15.0. The average molecular weight is 812 g/mol. The van der Waals surface area contributed by atoms with Gasteiger partial charge < -0.3 is 44.0 Å². The van der Waals surface area contributed by atoms with Crippen molar-refractivity contribution >= 4 is 17.3 Å². The molecule has 0 bridgehead atoms. The van der Waals surface area contributed by atoms with Crippen LogP contribution in [0.1, 0.15) is 85.7 Å². The molecule has 2 heterocycles. The Morgan fingerprint density at radius 1 is 1.02 bits per heavy atom. The second kappa shape index (κ2) is 18.6. The van der Waals surface area contributed by atoms with Crippen molar-refractivity contribution < 1.29 is 48.8 Å². The number of benzene rings is 3. The number of aliphatic hydroxyl groups excluding tert-OH is 2. The van der Waals surface area contributed by atoms with Crippen molar-refractivity contribution in [3.63, 3.8) is 0 Å². The predicted molar refractivity (Wildman–Crippen MR) is 218 cm³/mol. The van der Waals surface area contributed by atoms with Crippen LogP contribution in [0.15, 0.2) is 90.1 Å². The van der Waals surface area contributed by atoms with Crippen molar-refractivity contribution in [3.8, 4) is 23.0 Å². The molecule has 14 nitrogen and oxygen atoms in total. The highest BCUT2D eigenvalue weighted by atomic mass is 16.7. The number of oxime groups is 1. The first-order valence-corrected chi connectivity index (χ1v) is 20.6. The number of allylic oxidation sites excluding steroid dienone is 1. The van der Waals surface area contributed by atoms with Gasteiger partial charge in [0.1, 0.15) is 24.1 Å². The summed E-state index contributed by atoms with van der Waals surface area (Å²) in [5.41, 5.74) is 3.34. The number of hydrogen-bond acceptors (Lipinski definition) is 12. The van der Waals surface area contributed by atoms with Crippen LogP contribution in [0.4, 0.5) is 5.69 Å². The summed E-state index contributed by atoms with van der Waals surface area (Å²) in [4.78, 5) is 33.7. The predicted octanol–water partition coefficient (Wildman–Crippen LogP) is 7.42. The highest BCUT2D eigenvalue weighted by Gasteiger charge is 2.65. The Balaban J connectivity index is 1.41. The van der Waals surface area contributed by atoms with Crippen LogP contribution >= 0.6 is 0 Å². The molecule has 3 aromatic carbocycles. The molecule has 0 spiro atoms. The number of ether oxygens (including phenoxy) is 4. The molecule has 6 atom stereocenters. The molecule has 4 aliphatic rings. The van der Waals surface area contributed by atoms with E-state index in [1.807, 2.05) is 6.92 Å². The number of unbranched alkanes of at least 4 members (excludes halogenated alkanes) is 2. The maximum Gasteiger partial charge on any atom is 0.269 e. The van der Waals surface area contributed by atoms with Gasteiger partial charge >= 0.3 is 0 Å². The van der Waals surface area contributed by atoms with Crippen molar-refractivity contribution in [2.45, 2.75) is 82.6 Å². The van der Waals surface area contributed by atoms with E-state index in [0.29, 0.717) is 59.9 Å². The van der Waals surface area contributed by atoms with Crippen LogP contribution < -0.4 is 14.2 Å². The normalized spacial score (nSPS) is 24.4. The fraction of sp³-hybridized carbons (Fsp3) is 0.467. The second-order valence-electron chi connectivity index (χ2n) is 15.6. The Kier molecular flexibility index (Phi) is 13.2. The number of aromatic hydroxyl groups is 1. The van der Waals surface area contributed by atoms with E-state index in [4.69, 9.17) is 28.9 Å². The van der Waals surface area contributed by atoms with Crippen molar-refractivity contribution in [2.24, 2.45) is 22.9 Å². The summed E-state index contributed by atoms with van der Waals surface area (Å²) < 4.78 is 25.4. The molecule has 3 N–H and O–H groups in total. The minimum Gasteiger partial charge on any atom is -0.508 e. The molecule has 7 rings (SSSR count). The monoisotopic (exact) mass is 811 g/mol. The molecule has 0 aromatic heterocycles. The van der Waals surface area contributed by atoms with Crippen LogP contribution in [0, 0.1) is 27.9 Å². The van der Waals surface area contributed by atoms with Crippen molar-refractivity contribution in [1.29, 1.82) is 0 Å². The largest absolute Gasteiger partial charge is 0.508 e. The first-order valence-electron chi connectivity index (χ1n) is 20.6. The van der Waals surface area contributed by atoms with Gasteiger partial charge in [-0.05, 0) is 104 Å². The summed E-state index contributed by atoms with van der Waals surface area (Å²) >= 11 is 0. The summed E-state index contributed by atoms with van der Waals surface area (Å²) in [6.45, 7) is 6.68. The number of carbonyl (C=O) groups is 1. The molecular weight excluding hydrogens is 759 g/mol. The number of hydrogen-bond donors (Lipinski definition) is 3. The van der Waals surface area contributed by atoms with E-state index in [0.717, 1.165) is 36.8 Å². The Labute approximate surface area is 343 Å². The van der Waals surface area contributed by atoms with Crippen LogP contribution in [-0.4, -0.2) is 81.7 Å². The highest BCUT2D eigenvalue weighted by molar-refractivity contribution is 6.03. The Hall–Kier alpha value is -5.44. The molecule has 1 saturated carbocycles. The molecule has 1 fully saturated rings. The zero-order valence-electron chi connectivity index (χ0n) is 33.4. The first kappa shape index (κ1) is 41.7. The molecule has 2 aliphatic heterocycles. The number of carbonyl (C=O) groups excluding carboxylic acids is 1. The van der Waals surface area contributed by atoms with Gasteiger partial charge in [0.15, 0.2) is 11.5 Å². The fourth-order valence-electron chi connectivity index (χ4n) is 9.39. The molecule has 314 valence electrons. The third-order valence-electron chi connectivity index (χ3n) is 11.9. The number of aliphatic hydroxyl groups is 2. The lowest BCUT2D eigenvalue weighted by atomic mass is 9.55. The van der Waals surface area contributed by atoms with Crippen molar-refractivity contribution in [3.05, 3.63) is 112 Å². The third kappa shape index (κ3) is 8.52. The van der Waals surface area contributed by atoms with Gasteiger partial charge in [-0.25, -0.2) is 0 Å². The number of rotatable bonds is 19. The molecule has 1 amide bonds. The van der Waals surface area contributed by atoms with E-state index in [2.05, 4.69) is 12.7 Å². The van der Waals surface area contributed by atoms with Gasteiger partial charge in [0.05, 0.1) is 23.2 Å². The molecule has 59 heavy (non-hydrogen) atoms. The van der Waals surface area contributed by atoms with E-state index in [1.54, 1.807) is 59.5 Å². The number of non-ortho nitro benzene ring substituents is 1. The molecule has 0 saturated heterocycles. The molecule has 14 heteroatoms. The summed E-state index contributed by atoms with van der Waals surface area (Å²) in [5, 5.41) is 46.8. The summed E-state index contributed by atoms with van der Waals surface area (Å²) in [7, 11) is 0. The van der Waals surface area contributed by atoms with Gasteiger partial charge in [0.25, 0.3) is 11.6 Å².